The van der Waals surface area contributed by atoms with E-state index >= 15 is 0 Å². The van der Waals surface area contributed by atoms with Crippen LogP contribution >= 0.6 is 7.82 Å². The highest BCUT2D eigenvalue weighted by Gasteiger charge is 2.19. The van der Waals surface area contributed by atoms with Gasteiger partial charge in [0.1, 0.15) is 0 Å². The topological polar surface area (TPSA) is 87.0 Å². The molecule has 1 unspecified atom stereocenters. The molecule has 0 heterocycles. The second-order valence-corrected chi connectivity index (χ2v) is 7.27. The van der Waals surface area contributed by atoms with Crippen LogP contribution < -0.4 is 0 Å². The molecule has 0 bridgehead atoms. The first-order chi connectivity index (χ1) is 10.5. The lowest BCUT2D eigenvalue weighted by atomic mass is 10.0. The molecular formula is C16H35O5P. The molecule has 0 aromatic heterocycles. The fraction of sp³-hybridized carbons (Fsp3) is 1.00. The SMILES string of the molecule is CCCCCCCCCCCCCCCC(O)OP(=O)(O)O. The molecule has 0 aliphatic rings. The summed E-state index contributed by atoms with van der Waals surface area (Å²) in [7, 11) is -4.56. The molecule has 0 radical (unpaired) electrons. The zero-order valence-electron chi connectivity index (χ0n) is 14.1. The normalized spacial score (nSPS) is 13.5. The van der Waals surface area contributed by atoms with Crippen molar-refractivity contribution < 1.29 is 24.0 Å². The average molecular weight is 338 g/mol. The summed E-state index contributed by atoms with van der Waals surface area (Å²) in [5, 5.41) is 9.25. The van der Waals surface area contributed by atoms with Gasteiger partial charge in [-0.25, -0.2) is 4.57 Å². The lowest BCUT2D eigenvalue weighted by molar-refractivity contribution is -0.0426. The molecule has 0 saturated heterocycles. The Balaban J connectivity index is 3.16. The number of unbranched alkanes of at least 4 members (excludes halogenated alkanes) is 12. The van der Waals surface area contributed by atoms with E-state index in [4.69, 9.17) is 9.79 Å². The summed E-state index contributed by atoms with van der Waals surface area (Å²) in [4.78, 5) is 17.0. The van der Waals surface area contributed by atoms with E-state index in [2.05, 4.69) is 11.4 Å². The minimum atomic E-state index is -4.56. The monoisotopic (exact) mass is 338 g/mol. The molecule has 0 spiro atoms. The van der Waals surface area contributed by atoms with Crippen molar-refractivity contribution >= 4 is 7.82 Å². The predicted octanol–water partition coefficient (Wildman–Crippen LogP) is 4.90. The van der Waals surface area contributed by atoms with Gasteiger partial charge in [0, 0.05) is 0 Å². The number of hydrogen-bond acceptors (Lipinski definition) is 3. The number of phosphoric ester groups is 1. The molecule has 0 aromatic rings. The van der Waals surface area contributed by atoms with Gasteiger partial charge >= 0.3 is 7.82 Å². The van der Waals surface area contributed by atoms with Gasteiger partial charge in [-0.15, -0.1) is 0 Å². The quantitative estimate of drug-likeness (QED) is 0.212. The summed E-state index contributed by atoms with van der Waals surface area (Å²) in [5.41, 5.74) is 0. The van der Waals surface area contributed by atoms with Gasteiger partial charge in [-0.1, -0.05) is 84.0 Å². The Kier molecular flexibility index (Phi) is 14.7. The molecule has 0 fully saturated rings. The molecule has 0 aliphatic heterocycles. The van der Waals surface area contributed by atoms with Crippen molar-refractivity contribution in [1.29, 1.82) is 0 Å². The van der Waals surface area contributed by atoms with Crippen LogP contribution in [0.2, 0.25) is 0 Å². The first-order valence-electron chi connectivity index (χ1n) is 8.87. The highest BCUT2D eigenvalue weighted by atomic mass is 31.2. The Morgan fingerprint density at radius 1 is 0.773 bits per heavy atom. The van der Waals surface area contributed by atoms with Crippen molar-refractivity contribution in [2.45, 2.75) is 103 Å². The number of hydrogen-bond donors (Lipinski definition) is 3. The summed E-state index contributed by atoms with van der Waals surface area (Å²) in [6.07, 6.45) is 15.0. The smallest absolute Gasteiger partial charge is 0.367 e. The summed E-state index contributed by atoms with van der Waals surface area (Å²) >= 11 is 0. The molecule has 3 N–H and O–H groups in total. The van der Waals surface area contributed by atoms with Gasteiger partial charge in [-0.2, -0.15) is 0 Å². The maximum Gasteiger partial charge on any atom is 0.471 e. The molecule has 0 aromatic carbocycles. The van der Waals surface area contributed by atoms with E-state index in [9.17, 15) is 9.67 Å². The highest BCUT2D eigenvalue weighted by Crippen LogP contribution is 2.37. The third kappa shape index (κ3) is 18.1. The number of aliphatic hydroxyl groups is 1. The van der Waals surface area contributed by atoms with Crippen LogP contribution in [-0.4, -0.2) is 21.2 Å². The van der Waals surface area contributed by atoms with E-state index in [1.807, 2.05) is 0 Å². The molecular weight excluding hydrogens is 303 g/mol. The van der Waals surface area contributed by atoms with Crippen LogP contribution in [-0.2, 0) is 9.09 Å². The van der Waals surface area contributed by atoms with Crippen LogP contribution in [0, 0.1) is 0 Å². The van der Waals surface area contributed by atoms with Gasteiger partial charge < -0.3 is 14.9 Å². The zero-order valence-corrected chi connectivity index (χ0v) is 15.0. The van der Waals surface area contributed by atoms with Gasteiger partial charge in [0.2, 0.25) is 0 Å². The van der Waals surface area contributed by atoms with Gasteiger partial charge in [-0.05, 0) is 12.8 Å². The summed E-state index contributed by atoms with van der Waals surface area (Å²) in [6, 6.07) is 0. The highest BCUT2D eigenvalue weighted by molar-refractivity contribution is 7.46. The minimum absolute atomic E-state index is 0.281. The summed E-state index contributed by atoms with van der Waals surface area (Å²) < 4.78 is 14.7. The standard InChI is InChI=1S/C16H35O5P/c1-2-3-4-5-6-7-8-9-10-11-12-13-14-15-16(17)21-22(18,19)20/h16-17H,2-15H2,1H3,(H2,18,19,20). The number of aliphatic hydroxyl groups excluding tert-OH is 1. The lowest BCUT2D eigenvalue weighted by Crippen LogP contribution is -2.09. The minimum Gasteiger partial charge on any atom is -0.367 e. The molecule has 134 valence electrons. The summed E-state index contributed by atoms with van der Waals surface area (Å²) in [5.74, 6) is 0. The number of phosphoric acid groups is 1. The average Bonchev–Trinajstić information content (AvgIpc) is 2.42. The molecule has 22 heavy (non-hydrogen) atoms. The van der Waals surface area contributed by atoms with Crippen molar-refractivity contribution in [2.24, 2.45) is 0 Å². The van der Waals surface area contributed by atoms with E-state index in [-0.39, 0.29) is 6.42 Å². The van der Waals surface area contributed by atoms with Crippen LogP contribution in [0.3, 0.4) is 0 Å². The fourth-order valence-electron chi connectivity index (χ4n) is 2.55. The Morgan fingerprint density at radius 3 is 1.50 bits per heavy atom. The van der Waals surface area contributed by atoms with E-state index in [0.717, 1.165) is 19.3 Å². The van der Waals surface area contributed by atoms with Gasteiger partial charge in [-0.3, -0.25) is 4.52 Å². The van der Waals surface area contributed by atoms with Crippen molar-refractivity contribution in [3.63, 3.8) is 0 Å². The molecule has 0 aliphatic carbocycles. The molecule has 6 heteroatoms. The van der Waals surface area contributed by atoms with Crippen LogP contribution in [0.15, 0.2) is 0 Å². The lowest BCUT2D eigenvalue weighted by Gasteiger charge is -2.11. The van der Waals surface area contributed by atoms with Gasteiger partial charge in [0.05, 0.1) is 0 Å². The Bertz CT molecular complexity index is 280. The Hall–Kier alpha value is 0.0700. The van der Waals surface area contributed by atoms with E-state index in [0.29, 0.717) is 0 Å². The molecule has 0 rings (SSSR count). The Labute approximate surface area is 135 Å². The molecule has 1 atom stereocenters. The molecule has 0 saturated carbocycles. The first-order valence-corrected chi connectivity index (χ1v) is 10.4. The van der Waals surface area contributed by atoms with Crippen LogP contribution in [0.4, 0.5) is 0 Å². The molecule has 5 nitrogen and oxygen atoms in total. The third-order valence-electron chi connectivity index (χ3n) is 3.81. The summed E-state index contributed by atoms with van der Waals surface area (Å²) in [6.45, 7) is 2.24. The van der Waals surface area contributed by atoms with E-state index in [1.54, 1.807) is 0 Å². The Morgan fingerprint density at radius 2 is 1.14 bits per heavy atom. The van der Waals surface area contributed by atoms with Crippen molar-refractivity contribution in [1.82, 2.24) is 0 Å². The van der Waals surface area contributed by atoms with Crippen LogP contribution in [0.25, 0.3) is 0 Å². The molecule has 0 amide bonds. The maximum absolute atomic E-state index is 10.5. The van der Waals surface area contributed by atoms with Gasteiger partial charge in [0.15, 0.2) is 6.29 Å². The van der Waals surface area contributed by atoms with Crippen molar-refractivity contribution in [3.05, 3.63) is 0 Å². The first kappa shape index (κ1) is 22.1. The van der Waals surface area contributed by atoms with Crippen molar-refractivity contribution in [3.8, 4) is 0 Å². The van der Waals surface area contributed by atoms with E-state index < -0.39 is 14.1 Å². The third-order valence-corrected chi connectivity index (χ3v) is 4.33. The van der Waals surface area contributed by atoms with E-state index in [1.165, 1.54) is 64.2 Å². The zero-order chi connectivity index (χ0) is 16.7. The van der Waals surface area contributed by atoms with Crippen LogP contribution in [0.1, 0.15) is 96.8 Å². The van der Waals surface area contributed by atoms with Crippen molar-refractivity contribution in [2.75, 3.05) is 0 Å². The maximum atomic E-state index is 10.5. The second-order valence-electron chi connectivity index (χ2n) is 6.08. The largest absolute Gasteiger partial charge is 0.471 e. The van der Waals surface area contributed by atoms with Crippen LogP contribution in [0.5, 0.6) is 0 Å². The van der Waals surface area contributed by atoms with Gasteiger partial charge in [0.25, 0.3) is 0 Å². The predicted molar refractivity (Wildman–Crippen MR) is 89.4 cm³/mol. The fourth-order valence-corrected chi connectivity index (χ4v) is 2.97. The number of rotatable bonds is 16. The second kappa shape index (κ2) is 14.6.